The Bertz CT molecular complexity index is 440. The Labute approximate surface area is 127 Å². The first kappa shape index (κ1) is 16.8. The van der Waals surface area contributed by atoms with Crippen molar-refractivity contribution < 1.29 is 4.79 Å². The third-order valence-corrected chi connectivity index (χ3v) is 4.04. The van der Waals surface area contributed by atoms with Crippen LogP contribution in [0.1, 0.15) is 50.7 Å². The molecule has 0 saturated carbocycles. The van der Waals surface area contributed by atoms with Crippen molar-refractivity contribution in [2.45, 2.75) is 39.5 Å². The Kier molecular flexibility index (Phi) is 6.86. The highest BCUT2D eigenvalue weighted by molar-refractivity contribution is 8.00. The number of amides is 1. The van der Waals surface area contributed by atoms with Crippen LogP contribution in [0.25, 0.3) is 0 Å². The molecule has 0 aromatic heterocycles. The van der Waals surface area contributed by atoms with Gasteiger partial charge in [0.05, 0.1) is 5.75 Å². The summed E-state index contributed by atoms with van der Waals surface area (Å²) in [6, 6.07) is 6.28. The molecule has 110 valence electrons. The van der Waals surface area contributed by atoms with Crippen molar-refractivity contribution in [1.29, 1.82) is 0 Å². The van der Waals surface area contributed by atoms with E-state index in [1.165, 1.54) is 11.1 Å². The topological polar surface area (TPSA) is 29.1 Å². The summed E-state index contributed by atoms with van der Waals surface area (Å²) in [6.07, 6.45) is 1.82. The molecule has 0 heterocycles. The zero-order chi connectivity index (χ0) is 15.1. The van der Waals surface area contributed by atoms with Gasteiger partial charge in [-0.25, -0.2) is 0 Å². The Balaban J connectivity index is 2.95. The quantitative estimate of drug-likeness (QED) is 0.578. The van der Waals surface area contributed by atoms with Crippen LogP contribution in [0.4, 0.5) is 5.69 Å². The number of nitrogens with one attached hydrogen (secondary N) is 1. The third-order valence-electron chi connectivity index (χ3n) is 3.11. The van der Waals surface area contributed by atoms with Crippen LogP contribution in [0.3, 0.4) is 0 Å². The van der Waals surface area contributed by atoms with E-state index in [-0.39, 0.29) is 5.91 Å². The van der Waals surface area contributed by atoms with Gasteiger partial charge in [0.25, 0.3) is 0 Å². The number of anilines is 1. The maximum absolute atomic E-state index is 12.1. The van der Waals surface area contributed by atoms with Gasteiger partial charge in [0.15, 0.2) is 0 Å². The molecule has 1 amide bonds. The summed E-state index contributed by atoms with van der Waals surface area (Å²) in [6.45, 7) is 12.3. The fourth-order valence-corrected chi connectivity index (χ4v) is 2.65. The molecule has 2 nitrogen and oxygen atoms in total. The molecule has 0 aliphatic rings. The summed E-state index contributed by atoms with van der Waals surface area (Å²) < 4.78 is 0. The third kappa shape index (κ3) is 4.71. The average molecular weight is 291 g/mol. The summed E-state index contributed by atoms with van der Waals surface area (Å²) >= 11 is 1.58. The number of hydrogen-bond donors (Lipinski definition) is 1. The lowest BCUT2D eigenvalue weighted by Gasteiger charge is -2.20. The number of hydrogen-bond acceptors (Lipinski definition) is 2. The van der Waals surface area contributed by atoms with Crippen molar-refractivity contribution in [2.24, 2.45) is 0 Å². The highest BCUT2D eigenvalue weighted by Gasteiger charge is 2.15. The second kappa shape index (κ2) is 8.15. The van der Waals surface area contributed by atoms with Crippen molar-refractivity contribution in [2.75, 3.05) is 16.8 Å². The first-order valence-corrected chi connectivity index (χ1v) is 8.24. The summed E-state index contributed by atoms with van der Waals surface area (Å²) in [4.78, 5) is 12.1. The summed E-state index contributed by atoms with van der Waals surface area (Å²) in [7, 11) is 0. The highest BCUT2D eigenvalue weighted by atomic mass is 32.2. The highest BCUT2D eigenvalue weighted by Crippen LogP contribution is 2.32. The van der Waals surface area contributed by atoms with Gasteiger partial charge < -0.3 is 5.32 Å². The zero-order valence-electron chi connectivity index (χ0n) is 12.9. The predicted molar refractivity (Wildman–Crippen MR) is 90.8 cm³/mol. The van der Waals surface area contributed by atoms with Crippen LogP contribution in [0.15, 0.2) is 30.9 Å². The molecule has 0 atom stereocenters. The van der Waals surface area contributed by atoms with E-state index in [1.807, 2.05) is 6.08 Å². The van der Waals surface area contributed by atoms with E-state index in [1.54, 1.807) is 11.8 Å². The van der Waals surface area contributed by atoms with Gasteiger partial charge in [-0.05, 0) is 23.0 Å². The number of thioether (sulfide) groups is 1. The van der Waals surface area contributed by atoms with Gasteiger partial charge in [-0.15, -0.1) is 18.3 Å². The van der Waals surface area contributed by atoms with E-state index >= 15 is 0 Å². The maximum Gasteiger partial charge on any atom is 0.234 e. The predicted octanol–water partition coefficient (Wildman–Crippen LogP) is 4.79. The Morgan fingerprint density at radius 3 is 2.25 bits per heavy atom. The van der Waals surface area contributed by atoms with Gasteiger partial charge in [0.1, 0.15) is 0 Å². The summed E-state index contributed by atoms with van der Waals surface area (Å²) in [5.74, 6) is 2.12. The Morgan fingerprint density at radius 2 is 1.80 bits per heavy atom. The number of benzene rings is 1. The molecule has 1 rings (SSSR count). The van der Waals surface area contributed by atoms with Gasteiger partial charge in [0.2, 0.25) is 5.91 Å². The molecular formula is C17H25NOS. The molecule has 1 aromatic rings. The van der Waals surface area contributed by atoms with Crippen molar-refractivity contribution in [1.82, 2.24) is 0 Å². The number of para-hydroxylation sites is 1. The van der Waals surface area contributed by atoms with Gasteiger partial charge in [0, 0.05) is 11.4 Å². The van der Waals surface area contributed by atoms with Gasteiger partial charge >= 0.3 is 0 Å². The molecule has 0 aliphatic heterocycles. The second-order valence-electron chi connectivity index (χ2n) is 5.47. The molecule has 20 heavy (non-hydrogen) atoms. The van der Waals surface area contributed by atoms with Crippen molar-refractivity contribution in [3.63, 3.8) is 0 Å². The lowest BCUT2D eigenvalue weighted by molar-refractivity contribution is -0.113. The van der Waals surface area contributed by atoms with E-state index in [2.05, 4.69) is 57.8 Å². The van der Waals surface area contributed by atoms with Crippen LogP contribution in [-0.4, -0.2) is 17.4 Å². The summed E-state index contributed by atoms with van der Waals surface area (Å²) in [5, 5.41) is 3.11. The Morgan fingerprint density at radius 1 is 1.25 bits per heavy atom. The SMILES string of the molecule is C=CCSCC(=O)Nc1c(C(C)C)cccc1C(C)C. The zero-order valence-corrected chi connectivity index (χ0v) is 13.7. The summed E-state index contributed by atoms with van der Waals surface area (Å²) in [5.41, 5.74) is 3.42. The molecule has 0 radical (unpaired) electrons. The Hall–Kier alpha value is -1.22. The fourth-order valence-electron chi connectivity index (χ4n) is 2.11. The maximum atomic E-state index is 12.1. The minimum Gasteiger partial charge on any atom is -0.325 e. The normalized spacial score (nSPS) is 10.9. The van der Waals surface area contributed by atoms with Crippen LogP contribution in [0.2, 0.25) is 0 Å². The van der Waals surface area contributed by atoms with Gasteiger partial charge in [-0.2, -0.15) is 0 Å². The van der Waals surface area contributed by atoms with Crippen LogP contribution in [0, 0.1) is 0 Å². The average Bonchev–Trinajstić information content (AvgIpc) is 2.38. The lowest BCUT2D eigenvalue weighted by Crippen LogP contribution is -2.17. The van der Waals surface area contributed by atoms with Crippen molar-refractivity contribution >= 4 is 23.4 Å². The number of carbonyl (C=O) groups excluding carboxylic acids is 1. The van der Waals surface area contributed by atoms with Crippen molar-refractivity contribution in [3.8, 4) is 0 Å². The molecule has 1 N–H and O–H groups in total. The van der Waals surface area contributed by atoms with Crippen LogP contribution in [0.5, 0.6) is 0 Å². The van der Waals surface area contributed by atoms with Crippen LogP contribution < -0.4 is 5.32 Å². The molecule has 3 heteroatoms. The van der Waals surface area contributed by atoms with Crippen LogP contribution >= 0.6 is 11.8 Å². The van der Waals surface area contributed by atoms with Gasteiger partial charge in [-0.3, -0.25) is 4.79 Å². The largest absolute Gasteiger partial charge is 0.325 e. The number of carbonyl (C=O) groups is 1. The van der Waals surface area contributed by atoms with E-state index < -0.39 is 0 Å². The van der Waals surface area contributed by atoms with Gasteiger partial charge in [-0.1, -0.05) is 52.0 Å². The number of rotatable bonds is 7. The first-order chi connectivity index (χ1) is 9.47. The standard InChI is InChI=1S/C17H25NOS/c1-6-10-20-11-16(19)18-17-14(12(2)3)8-7-9-15(17)13(4)5/h6-9,12-13H,1,10-11H2,2-5H3,(H,18,19). The minimum atomic E-state index is 0.0619. The molecule has 0 bridgehead atoms. The molecule has 1 aromatic carbocycles. The second-order valence-corrected chi connectivity index (χ2v) is 6.50. The van der Waals surface area contributed by atoms with E-state index in [4.69, 9.17) is 0 Å². The molecule has 0 saturated heterocycles. The van der Waals surface area contributed by atoms with E-state index in [0.717, 1.165) is 11.4 Å². The fraction of sp³-hybridized carbons (Fsp3) is 0.471. The first-order valence-electron chi connectivity index (χ1n) is 7.08. The minimum absolute atomic E-state index is 0.0619. The molecule has 0 unspecified atom stereocenters. The van der Waals surface area contributed by atoms with Crippen molar-refractivity contribution in [3.05, 3.63) is 42.0 Å². The van der Waals surface area contributed by atoms with Crippen LogP contribution in [-0.2, 0) is 4.79 Å². The molecule has 0 fully saturated rings. The molecule has 0 aliphatic carbocycles. The monoisotopic (exact) mass is 291 g/mol. The smallest absolute Gasteiger partial charge is 0.234 e. The lowest BCUT2D eigenvalue weighted by atomic mass is 9.92. The van der Waals surface area contributed by atoms with E-state index in [0.29, 0.717) is 17.6 Å². The molecular weight excluding hydrogens is 266 g/mol. The molecule has 0 spiro atoms. The van der Waals surface area contributed by atoms with E-state index in [9.17, 15) is 4.79 Å².